The lowest BCUT2D eigenvalue weighted by atomic mass is 10.1. The zero-order chi connectivity index (χ0) is 24.4. The number of ether oxygens (including phenoxy) is 2. The Kier molecular flexibility index (Phi) is 8.65. The molecule has 1 N–H and O–H groups in total. The van der Waals surface area contributed by atoms with Crippen molar-refractivity contribution in [3.05, 3.63) is 60.1 Å². The van der Waals surface area contributed by atoms with Gasteiger partial charge in [-0.15, -0.1) is 0 Å². The van der Waals surface area contributed by atoms with Crippen molar-refractivity contribution in [1.82, 2.24) is 10.2 Å². The van der Waals surface area contributed by atoms with E-state index in [-0.39, 0.29) is 49.3 Å². The molecule has 176 valence electrons. The summed E-state index contributed by atoms with van der Waals surface area (Å²) < 4.78 is 11.3. The molecule has 0 atom stereocenters. The van der Waals surface area contributed by atoms with E-state index in [9.17, 15) is 4.79 Å². The van der Waals surface area contributed by atoms with E-state index in [0.717, 1.165) is 5.56 Å². The summed E-state index contributed by atoms with van der Waals surface area (Å²) in [6.45, 7) is 4.62. The van der Waals surface area contributed by atoms with Gasteiger partial charge in [0.2, 0.25) is 0 Å². The highest BCUT2D eigenvalue weighted by Gasteiger charge is 2.30. The number of halogens is 5. The molecule has 3 rings (SSSR count). The number of amides is 1. The van der Waals surface area contributed by atoms with Gasteiger partial charge in [-0.2, -0.15) is 0 Å². The molecule has 1 aliphatic rings. The van der Waals surface area contributed by atoms with Crippen molar-refractivity contribution in [3.8, 4) is 11.5 Å². The predicted molar refractivity (Wildman–Crippen MR) is 139 cm³/mol. The molecule has 5 nitrogen and oxygen atoms in total. The maximum absolute atomic E-state index is 12.7. The number of benzene rings is 2. The maximum atomic E-state index is 12.7. The van der Waals surface area contributed by atoms with E-state index < -0.39 is 0 Å². The van der Waals surface area contributed by atoms with Crippen molar-refractivity contribution in [1.29, 1.82) is 0 Å². The molecular formula is C22H19Cl5N2O3S. The van der Waals surface area contributed by atoms with Crippen molar-refractivity contribution in [2.24, 2.45) is 5.92 Å². The minimum Gasteiger partial charge on any atom is -0.496 e. The van der Waals surface area contributed by atoms with Crippen LogP contribution in [0.2, 0.25) is 25.1 Å². The highest BCUT2D eigenvalue weighted by Crippen LogP contribution is 2.48. The Hall–Kier alpha value is -1.41. The Balaban J connectivity index is 1.88. The van der Waals surface area contributed by atoms with Crippen LogP contribution in [0.3, 0.4) is 0 Å². The van der Waals surface area contributed by atoms with Gasteiger partial charge in [-0.05, 0) is 41.9 Å². The number of carbonyl (C=O) groups is 1. The molecule has 2 aromatic carbocycles. The van der Waals surface area contributed by atoms with Crippen LogP contribution in [-0.4, -0.2) is 29.6 Å². The Morgan fingerprint density at radius 2 is 1.67 bits per heavy atom. The molecule has 2 aromatic rings. The van der Waals surface area contributed by atoms with E-state index in [1.807, 2.05) is 26.0 Å². The number of hydrogen-bond donors (Lipinski definition) is 1. The van der Waals surface area contributed by atoms with Gasteiger partial charge in [0, 0.05) is 12.1 Å². The second-order valence-electron chi connectivity index (χ2n) is 7.56. The van der Waals surface area contributed by atoms with Gasteiger partial charge < -0.3 is 14.8 Å². The number of thiocarbonyl (C=S) groups is 1. The summed E-state index contributed by atoms with van der Waals surface area (Å²) in [7, 11) is 1.54. The largest absolute Gasteiger partial charge is 0.496 e. The Morgan fingerprint density at radius 3 is 2.24 bits per heavy atom. The van der Waals surface area contributed by atoms with E-state index in [4.69, 9.17) is 79.7 Å². The molecule has 0 saturated carbocycles. The third-order valence-electron chi connectivity index (χ3n) is 4.67. The quantitative estimate of drug-likeness (QED) is 0.165. The van der Waals surface area contributed by atoms with Crippen LogP contribution in [0.5, 0.6) is 11.5 Å². The van der Waals surface area contributed by atoms with E-state index in [1.54, 1.807) is 17.0 Å². The average Bonchev–Trinajstić information content (AvgIpc) is 3.03. The van der Waals surface area contributed by atoms with Gasteiger partial charge >= 0.3 is 0 Å². The van der Waals surface area contributed by atoms with Crippen LogP contribution in [0.15, 0.2) is 23.9 Å². The molecule has 1 heterocycles. The first-order chi connectivity index (χ1) is 15.5. The Morgan fingerprint density at radius 1 is 1.06 bits per heavy atom. The summed E-state index contributed by atoms with van der Waals surface area (Å²) in [4.78, 5) is 14.3. The highest BCUT2D eigenvalue weighted by molar-refractivity contribution is 7.80. The van der Waals surface area contributed by atoms with Crippen molar-refractivity contribution in [2.45, 2.75) is 20.5 Å². The summed E-state index contributed by atoms with van der Waals surface area (Å²) >= 11 is 36.1. The van der Waals surface area contributed by atoms with Gasteiger partial charge in [0.1, 0.15) is 28.1 Å². The SMILES string of the molecule is COc1ccc(/C=C2/NC(=S)N(CC(C)C)C2=O)cc1COc1c(Cl)c(Cl)c(Cl)c(Cl)c1Cl. The number of nitrogens with one attached hydrogen (secondary N) is 1. The van der Waals surface area contributed by atoms with Crippen LogP contribution in [0, 0.1) is 5.92 Å². The molecule has 0 bridgehead atoms. The smallest absolute Gasteiger partial charge is 0.276 e. The van der Waals surface area contributed by atoms with Crippen molar-refractivity contribution in [3.63, 3.8) is 0 Å². The summed E-state index contributed by atoms with van der Waals surface area (Å²) in [5.41, 5.74) is 1.80. The zero-order valence-electron chi connectivity index (χ0n) is 17.8. The minimum atomic E-state index is -0.175. The molecule has 0 radical (unpaired) electrons. The van der Waals surface area contributed by atoms with Crippen LogP contribution in [0.25, 0.3) is 6.08 Å². The van der Waals surface area contributed by atoms with Crippen LogP contribution in [-0.2, 0) is 11.4 Å². The van der Waals surface area contributed by atoms with Gasteiger partial charge in [0.15, 0.2) is 10.9 Å². The van der Waals surface area contributed by atoms with Crippen LogP contribution in [0.4, 0.5) is 0 Å². The van der Waals surface area contributed by atoms with Gasteiger partial charge in [-0.3, -0.25) is 9.69 Å². The van der Waals surface area contributed by atoms with Crippen molar-refractivity contribution in [2.75, 3.05) is 13.7 Å². The Bertz CT molecular complexity index is 1120. The third kappa shape index (κ3) is 5.64. The lowest BCUT2D eigenvalue weighted by molar-refractivity contribution is -0.122. The van der Waals surface area contributed by atoms with Crippen LogP contribution in [0.1, 0.15) is 25.0 Å². The van der Waals surface area contributed by atoms with E-state index in [2.05, 4.69) is 5.32 Å². The summed E-state index contributed by atoms with van der Waals surface area (Å²) in [5, 5.41) is 3.59. The molecule has 1 saturated heterocycles. The van der Waals surface area contributed by atoms with Gasteiger partial charge in [-0.1, -0.05) is 77.9 Å². The molecule has 1 aliphatic heterocycles. The maximum Gasteiger partial charge on any atom is 0.276 e. The molecule has 0 spiro atoms. The minimum absolute atomic E-state index is 0.0349. The molecular weight excluding hydrogens is 550 g/mol. The average molecular weight is 569 g/mol. The third-order valence-corrected chi connectivity index (χ3v) is 7.23. The molecule has 11 heteroatoms. The molecule has 0 aromatic heterocycles. The molecule has 0 unspecified atom stereocenters. The molecule has 33 heavy (non-hydrogen) atoms. The monoisotopic (exact) mass is 566 g/mol. The number of rotatable bonds is 7. The number of nitrogens with zero attached hydrogens (tertiary/aromatic N) is 1. The fraction of sp³-hybridized carbons (Fsp3) is 0.273. The van der Waals surface area contributed by atoms with Gasteiger partial charge in [-0.25, -0.2) is 0 Å². The first-order valence-electron chi connectivity index (χ1n) is 9.70. The first-order valence-corrected chi connectivity index (χ1v) is 12.0. The second-order valence-corrected chi connectivity index (χ2v) is 9.83. The topological polar surface area (TPSA) is 50.8 Å². The summed E-state index contributed by atoms with van der Waals surface area (Å²) in [6, 6.07) is 5.39. The van der Waals surface area contributed by atoms with Crippen LogP contribution >= 0.6 is 70.2 Å². The zero-order valence-corrected chi connectivity index (χ0v) is 22.4. The second kappa shape index (κ2) is 10.9. The van der Waals surface area contributed by atoms with Gasteiger partial charge in [0.05, 0.1) is 22.2 Å². The fourth-order valence-electron chi connectivity index (χ4n) is 3.13. The molecule has 1 fully saturated rings. The molecule has 1 amide bonds. The number of methoxy groups -OCH3 is 1. The number of hydrogen-bond acceptors (Lipinski definition) is 4. The van der Waals surface area contributed by atoms with Crippen molar-refractivity contribution < 1.29 is 14.3 Å². The molecule has 0 aliphatic carbocycles. The van der Waals surface area contributed by atoms with Crippen molar-refractivity contribution >= 4 is 87.3 Å². The van der Waals surface area contributed by atoms with E-state index >= 15 is 0 Å². The lowest BCUT2D eigenvalue weighted by Crippen LogP contribution is -2.33. The number of carbonyl (C=O) groups excluding carboxylic acids is 1. The fourth-order valence-corrected chi connectivity index (χ4v) is 4.63. The standard InChI is InChI=1S/C22H19Cl5N2O3S/c1-10(2)8-29-21(30)13(28-22(29)33)7-11-4-5-14(31-3)12(6-11)9-32-20-18(26)16(24)15(23)17(25)19(20)27/h4-7,10H,8-9H2,1-3H3,(H,28,33)/b13-7+. The van der Waals surface area contributed by atoms with E-state index in [0.29, 0.717) is 28.7 Å². The lowest BCUT2D eigenvalue weighted by Gasteiger charge is -2.16. The predicted octanol–water partition coefficient (Wildman–Crippen LogP) is 7.25. The summed E-state index contributed by atoms with van der Waals surface area (Å²) in [5.74, 6) is 0.779. The van der Waals surface area contributed by atoms with Crippen LogP contribution < -0.4 is 14.8 Å². The summed E-state index contributed by atoms with van der Waals surface area (Å²) in [6.07, 6.45) is 1.72. The van der Waals surface area contributed by atoms with E-state index in [1.165, 1.54) is 7.11 Å². The first kappa shape index (κ1) is 26.2. The van der Waals surface area contributed by atoms with Gasteiger partial charge in [0.25, 0.3) is 5.91 Å². The highest BCUT2D eigenvalue weighted by atomic mass is 35.5. The normalized spacial score (nSPS) is 14.9. The Labute approximate surface area is 222 Å².